The van der Waals surface area contributed by atoms with Gasteiger partial charge in [0.2, 0.25) is 0 Å². The number of nitrogens with one attached hydrogen (secondary N) is 1. The van der Waals surface area contributed by atoms with Crippen LogP contribution in [0, 0.1) is 0 Å². The maximum atomic E-state index is 10.3. The maximum absolute atomic E-state index is 10.3. The molecule has 0 rings (SSSR count). The summed E-state index contributed by atoms with van der Waals surface area (Å²) in [5, 5.41) is 2.93. The predicted octanol–water partition coefficient (Wildman–Crippen LogP) is -0.665. The Kier molecular flexibility index (Phi) is 4.26. The number of rotatable bonds is 4. The van der Waals surface area contributed by atoms with Crippen LogP contribution in [0.4, 0.5) is 0 Å². The highest BCUT2D eigenvalue weighted by Gasteiger charge is 2.06. The van der Waals surface area contributed by atoms with E-state index in [1.807, 2.05) is 26.0 Å². The van der Waals surface area contributed by atoms with E-state index in [0.29, 0.717) is 0 Å². The average Bonchev–Trinajstić information content (AvgIpc) is 1.82. The minimum absolute atomic E-state index is 0.00926. The van der Waals surface area contributed by atoms with Crippen LogP contribution in [0.5, 0.6) is 0 Å². The quantitative estimate of drug-likeness (QED) is 0.512. The fourth-order valence-electron chi connectivity index (χ4n) is 0.562. The van der Waals surface area contributed by atoms with Gasteiger partial charge in [0, 0.05) is 6.54 Å². The molecule has 0 aromatic carbocycles. The molecule has 0 saturated carbocycles. The number of aldehydes is 1. The molecule has 0 fully saturated rings. The van der Waals surface area contributed by atoms with Crippen molar-refractivity contribution < 1.29 is 4.79 Å². The maximum Gasteiger partial charge on any atom is 0.138 e. The van der Waals surface area contributed by atoms with Crippen molar-refractivity contribution in [3.8, 4) is 0 Å². The molecule has 0 aliphatic rings. The molecule has 9 heavy (non-hydrogen) atoms. The van der Waals surface area contributed by atoms with Crippen molar-refractivity contribution in [1.82, 2.24) is 10.2 Å². The van der Waals surface area contributed by atoms with Crippen LogP contribution in [-0.2, 0) is 4.79 Å². The lowest BCUT2D eigenvalue weighted by molar-refractivity contribution is -0.111. The smallest absolute Gasteiger partial charge is 0.138 e. The first kappa shape index (κ1) is 8.59. The van der Waals surface area contributed by atoms with Crippen molar-refractivity contribution in [2.24, 2.45) is 0 Å². The normalized spacial score (nSPS) is 13.8. The number of hydrogen-bond donors (Lipinski definition) is 1. The lowest BCUT2D eigenvalue weighted by Gasteiger charge is -2.16. The van der Waals surface area contributed by atoms with E-state index in [4.69, 9.17) is 0 Å². The molecule has 0 spiro atoms. The molecule has 0 aromatic rings. The summed E-state index contributed by atoms with van der Waals surface area (Å²) in [5.41, 5.74) is 0. The van der Waals surface area contributed by atoms with Crippen LogP contribution in [-0.4, -0.2) is 44.9 Å². The van der Waals surface area contributed by atoms with E-state index < -0.39 is 0 Å². The highest BCUT2D eigenvalue weighted by molar-refractivity contribution is 5.57. The Morgan fingerprint density at radius 3 is 2.33 bits per heavy atom. The summed E-state index contributed by atoms with van der Waals surface area (Å²) in [4.78, 5) is 12.1. The largest absolute Gasteiger partial charge is 0.318 e. The SMILES string of the molecule is CNCC(C=O)N(C)C. The van der Waals surface area contributed by atoms with E-state index in [1.54, 1.807) is 0 Å². The van der Waals surface area contributed by atoms with E-state index in [9.17, 15) is 4.79 Å². The molecule has 0 heterocycles. The molecular weight excluding hydrogens is 116 g/mol. The first-order chi connectivity index (χ1) is 4.22. The second-order valence-electron chi connectivity index (χ2n) is 2.22. The van der Waals surface area contributed by atoms with Gasteiger partial charge < -0.3 is 10.1 Å². The summed E-state index contributed by atoms with van der Waals surface area (Å²) < 4.78 is 0. The van der Waals surface area contributed by atoms with Gasteiger partial charge in [-0.1, -0.05) is 0 Å². The standard InChI is InChI=1S/C6H14N2O/c1-7-4-6(5-9)8(2)3/h5-7H,4H2,1-3H3. The van der Waals surface area contributed by atoms with Gasteiger partial charge in [0.1, 0.15) is 6.29 Å². The van der Waals surface area contributed by atoms with Gasteiger partial charge in [-0.15, -0.1) is 0 Å². The summed E-state index contributed by atoms with van der Waals surface area (Å²) in [6, 6.07) is 0.00926. The molecule has 0 aliphatic carbocycles. The zero-order valence-electron chi connectivity index (χ0n) is 6.22. The first-order valence-electron chi connectivity index (χ1n) is 2.98. The lowest BCUT2D eigenvalue weighted by Crippen LogP contribution is -2.37. The second-order valence-corrected chi connectivity index (χ2v) is 2.22. The number of likely N-dealkylation sites (N-methyl/N-ethyl adjacent to an activating group) is 2. The van der Waals surface area contributed by atoms with Crippen LogP contribution < -0.4 is 5.32 Å². The molecule has 1 N–H and O–H groups in total. The highest BCUT2D eigenvalue weighted by Crippen LogP contribution is 1.84. The van der Waals surface area contributed by atoms with Gasteiger partial charge in [0.05, 0.1) is 6.04 Å². The van der Waals surface area contributed by atoms with Crippen molar-refractivity contribution >= 4 is 6.29 Å². The molecule has 54 valence electrons. The van der Waals surface area contributed by atoms with Crippen LogP contribution in [0.3, 0.4) is 0 Å². The molecular formula is C6H14N2O. The fraction of sp³-hybridized carbons (Fsp3) is 0.833. The molecule has 0 aromatic heterocycles. The second kappa shape index (κ2) is 4.47. The van der Waals surface area contributed by atoms with E-state index in [-0.39, 0.29) is 6.04 Å². The zero-order chi connectivity index (χ0) is 7.28. The van der Waals surface area contributed by atoms with Gasteiger partial charge in [-0.2, -0.15) is 0 Å². The van der Waals surface area contributed by atoms with Crippen LogP contribution >= 0.6 is 0 Å². The number of carbonyl (C=O) groups excluding carboxylic acids is 1. The van der Waals surface area contributed by atoms with Gasteiger partial charge >= 0.3 is 0 Å². The fourth-order valence-corrected chi connectivity index (χ4v) is 0.562. The molecule has 0 aliphatic heterocycles. The third-order valence-corrected chi connectivity index (χ3v) is 1.23. The minimum Gasteiger partial charge on any atom is -0.318 e. The molecule has 0 radical (unpaired) electrons. The third-order valence-electron chi connectivity index (χ3n) is 1.23. The van der Waals surface area contributed by atoms with Crippen molar-refractivity contribution in [3.05, 3.63) is 0 Å². The minimum atomic E-state index is 0.00926. The molecule has 0 saturated heterocycles. The van der Waals surface area contributed by atoms with E-state index >= 15 is 0 Å². The Labute approximate surface area is 56.0 Å². The summed E-state index contributed by atoms with van der Waals surface area (Å²) in [5.74, 6) is 0. The molecule has 3 nitrogen and oxygen atoms in total. The molecule has 3 heteroatoms. The summed E-state index contributed by atoms with van der Waals surface area (Å²) in [7, 11) is 5.60. The monoisotopic (exact) mass is 130 g/mol. The summed E-state index contributed by atoms with van der Waals surface area (Å²) >= 11 is 0. The van der Waals surface area contributed by atoms with Gasteiger partial charge in [-0.05, 0) is 21.1 Å². The van der Waals surface area contributed by atoms with E-state index in [2.05, 4.69) is 5.32 Å². The van der Waals surface area contributed by atoms with Crippen molar-refractivity contribution in [3.63, 3.8) is 0 Å². The molecule has 0 bridgehead atoms. The van der Waals surface area contributed by atoms with Crippen molar-refractivity contribution in [2.45, 2.75) is 6.04 Å². The Balaban J connectivity index is 3.54. The topological polar surface area (TPSA) is 32.3 Å². The van der Waals surface area contributed by atoms with Gasteiger partial charge in [-0.3, -0.25) is 4.90 Å². The Morgan fingerprint density at radius 1 is 1.67 bits per heavy atom. The lowest BCUT2D eigenvalue weighted by atomic mass is 10.3. The number of hydrogen-bond acceptors (Lipinski definition) is 3. The van der Waals surface area contributed by atoms with Gasteiger partial charge in [0.15, 0.2) is 0 Å². The number of carbonyl (C=O) groups is 1. The highest BCUT2D eigenvalue weighted by atomic mass is 16.1. The predicted molar refractivity (Wildman–Crippen MR) is 37.5 cm³/mol. The molecule has 1 atom stereocenters. The Hall–Kier alpha value is -0.410. The Bertz CT molecular complexity index is 83.1. The van der Waals surface area contributed by atoms with Crippen molar-refractivity contribution in [1.29, 1.82) is 0 Å². The zero-order valence-corrected chi connectivity index (χ0v) is 6.22. The van der Waals surface area contributed by atoms with Crippen LogP contribution in [0.2, 0.25) is 0 Å². The van der Waals surface area contributed by atoms with E-state index in [0.717, 1.165) is 12.8 Å². The third kappa shape index (κ3) is 3.21. The van der Waals surface area contributed by atoms with Gasteiger partial charge in [0.25, 0.3) is 0 Å². The van der Waals surface area contributed by atoms with Crippen LogP contribution in [0.1, 0.15) is 0 Å². The first-order valence-corrected chi connectivity index (χ1v) is 2.98. The van der Waals surface area contributed by atoms with Gasteiger partial charge in [-0.25, -0.2) is 0 Å². The van der Waals surface area contributed by atoms with Crippen LogP contribution in [0.25, 0.3) is 0 Å². The molecule has 1 unspecified atom stereocenters. The summed E-state index contributed by atoms with van der Waals surface area (Å²) in [6.07, 6.45) is 0.941. The summed E-state index contributed by atoms with van der Waals surface area (Å²) in [6.45, 7) is 0.719. The van der Waals surface area contributed by atoms with E-state index in [1.165, 1.54) is 0 Å². The average molecular weight is 130 g/mol. The molecule has 0 amide bonds. The van der Waals surface area contributed by atoms with Crippen LogP contribution in [0.15, 0.2) is 0 Å². The number of nitrogens with zero attached hydrogens (tertiary/aromatic N) is 1. The van der Waals surface area contributed by atoms with Crippen molar-refractivity contribution in [2.75, 3.05) is 27.7 Å². The Morgan fingerprint density at radius 2 is 2.22 bits per heavy atom.